The molecular weight excluding hydrogens is 385 g/mol. The van der Waals surface area contributed by atoms with Gasteiger partial charge in [-0.3, -0.25) is 0 Å². The van der Waals surface area contributed by atoms with Crippen LogP contribution < -0.4 is 0 Å². The third-order valence-electron chi connectivity index (χ3n) is 1.26. The van der Waals surface area contributed by atoms with E-state index in [-0.39, 0.29) is 32.7 Å². The third kappa shape index (κ3) is 2.85. The van der Waals surface area contributed by atoms with Crippen LogP contribution in [0.5, 0.6) is 0 Å². The van der Waals surface area contributed by atoms with E-state index in [1.807, 2.05) is 6.92 Å². The van der Waals surface area contributed by atoms with Gasteiger partial charge in [0.15, 0.2) is 0 Å². The van der Waals surface area contributed by atoms with Crippen LogP contribution in [0.1, 0.15) is 17.0 Å². The van der Waals surface area contributed by atoms with E-state index in [0.29, 0.717) is 0 Å². The molecule has 1 rings (SSSR count). The van der Waals surface area contributed by atoms with Gasteiger partial charge in [0.25, 0.3) is 0 Å². The Morgan fingerprint density at radius 1 is 1.55 bits per heavy atom. The molecule has 0 saturated heterocycles. The molecule has 0 atom stereocenters. The van der Waals surface area contributed by atoms with Gasteiger partial charge in [-0.05, 0) is 0 Å². The maximum atomic E-state index is 3.99. The number of aromatic nitrogens is 2. The van der Waals surface area contributed by atoms with Gasteiger partial charge in [-0.2, -0.15) is 0 Å². The Bertz CT molecular complexity index is 263. The molecule has 1 aromatic heterocycles. The first kappa shape index (κ1) is 11.6. The van der Waals surface area contributed by atoms with E-state index < -0.39 is 0 Å². The molecule has 2 nitrogen and oxygen atoms in total. The summed E-state index contributed by atoms with van der Waals surface area (Å²) in [5, 5.41) is 0. The summed E-state index contributed by atoms with van der Waals surface area (Å²) in [5.74, 6) is 0. The zero-order chi connectivity index (χ0) is 7.56. The van der Waals surface area contributed by atoms with E-state index in [4.69, 9.17) is 0 Å². The van der Waals surface area contributed by atoms with Gasteiger partial charge in [-0.1, -0.05) is 0 Å². The van der Waals surface area contributed by atoms with Crippen molar-refractivity contribution >= 4 is 4.40 Å². The molecule has 0 N–H and O–H groups in total. The van der Waals surface area contributed by atoms with Gasteiger partial charge in [0.2, 0.25) is 0 Å². The van der Waals surface area contributed by atoms with E-state index in [0.717, 1.165) is 17.0 Å². The van der Waals surface area contributed by atoms with Crippen molar-refractivity contribution in [3.05, 3.63) is 30.2 Å². The van der Waals surface area contributed by atoms with Crippen molar-refractivity contribution in [3.63, 3.8) is 0 Å². The molecule has 0 bridgehead atoms. The molecular formula is C7H6N2WY-2. The van der Waals surface area contributed by atoms with Gasteiger partial charge in [0.1, 0.15) is 0 Å². The SMILES string of the molecule is [CH2-]c1c(C)ncnc1[C-]=[W].[Y]. The largest absolute Gasteiger partial charge is 0 e. The van der Waals surface area contributed by atoms with Crippen LogP contribution in [0.15, 0.2) is 6.33 Å². The summed E-state index contributed by atoms with van der Waals surface area (Å²) in [6, 6.07) is 0. The Morgan fingerprint density at radius 3 is 2.64 bits per heavy atom. The predicted octanol–water partition coefficient (Wildman–Crippen LogP) is 0.539. The molecule has 1 aromatic rings. The summed E-state index contributed by atoms with van der Waals surface area (Å²) in [6.07, 6.45) is 1.54. The average molecular weight is 391 g/mol. The number of hydrogen-bond acceptors (Lipinski definition) is 2. The van der Waals surface area contributed by atoms with Gasteiger partial charge < -0.3 is 0 Å². The summed E-state index contributed by atoms with van der Waals surface area (Å²) in [4.78, 5) is 7.98. The zero-order valence-corrected chi connectivity index (χ0v) is 11.9. The Kier molecular flexibility index (Phi) is 5.59. The van der Waals surface area contributed by atoms with Crippen molar-refractivity contribution < 1.29 is 52.1 Å². The van der Waals surface area contributed by atoms with Gasteiger partial charge >= 0.3 is 70.8 Å². The molecule has 0 spiro atoms. The standard InChI is InChI=1S/C7H6N2.W.Y/c1-5-6(2)8-4-9-7(5)3;;/h4H,1H2,2H3;;/q-2;;. The molecule has 55 valence electrons. The van der Waals surface area contributed by atoms with Gasteiger partial charge in [0.05, 0.1) is 0 Å². The molecule has 1 heterocycles. The van der Waals surface area contributed by atoms with Crippen LogP contribution >= 0.6 is 0 Å². The molecule has 0 fully saturated rings. The molecule has 0 unspecified atom stereocenters. The smallest absolute Gasteiger partial charge is 0 e. The minimum Gasteiger partial charge on any atom is 0 e. The molecule has 4 heteroatoms. The van der Waals surface area contributed by atoms with Crippen molar-refractivity contribution in [2.75, 3.05) is 0 Å². The second kappa shape index (κ2) is 5.29. The van der Waals surface area contributed by atoms with Crippen LogP contribution in [-0.2, 0) is 52.1 Å². The van der Waals surface area contributed by atoms with Crippen molar-refractivity contribution in [2.45, 2.75) is 6.92 Å². The molecule has 0 saturated carbocycles. The van der Waals surface area contributed by atoms with Crippen LogP contribution in [0, 0.1) is 13.8 Å². The molecule has 1 radical (unpaired) electrons. The van der Waals surface area contributed by atoms with Crippen LogP contribution in [0.4, 0.5) is 0 Å². The number of rotatable bonds is 1. The monoisotopic (exact) mass is 391 g/mol. The Hall–Kier alpha value is 0.612. The number of nitrogens with zero attached hydrogens (tertiary/aromatic N) is 2. The quantitative estimate of drug-likeness (QED) is 0.654. The van der Waals surface area contributed by atoms with Gasteiger partial charge in [0, 0.05) is 32.7 Å². The predicted molar refractivity (Wildman–Crippen MR) is 35.3 cm³/mol. The summed E-state index contributed by atoms with van der Waals surface area (Å²) in [5.41, 5.74) is 2.65. The van der Waals surface area contributed by atoms with Gasteiger partial charge in [-0.15, -0.1) is 0 Å². The van der Waals surface area contributed by atoms with Crippen molar-refractivity contribution in [1.29, 1.82) is 0 Å². The third-order valence-corrected chi connectivity index (χ3v) is 1.95. The second-order valence-corrected chi connectivity index (χ2v) is 2.62. The summed E-state index contributed by atoms with van der Waals surface area (Å²) in [6.45, 7) is 5.73. The summed E-state index contributed by atoms with van der Waals surface area (Å²) >= 11 is 1.26. The molecule has 0 aliphatic heterocycles. The average Bonchev–Trinajstić information content (AvgIpc) is 1.95. The molecule has 11 heavy (non-hydrogen) atoms. The topological polar surface area (TPSA) is 25.8 Å². The fraction of sp³-hybridized carbons (Fsp3) is 0.143. The Morgan fingerprint density at radius 2 is 2.18 bits per heavy atom. The minimum atomic E-state index is 0. The normalized spacial score (nSPS) is 8.45. The van der Waals surface area contributed by atoms with Crippen molar-refractivity contribution in [1.82, 2.24) is 9.97 Å². The number of aryl methyl sites for hydroxylation is 1. The summed E-state index contributed by atoms with van der Waals surface area (Å²) in [7, 11) is 0. The van der Waals surface area contributed by atoms with Gasteiger partial charge in [-0.25, -0.2) is 0 Å². The van der Waals surface area contributed by atoms with E-state index in [9.17, 15) is 0 Å². The molecule has 0 aliphatic rings. The van der Waals surface area contributed by atoms with Crippen LogP contribution in [-0.4, -0.2) is 14.4 Å². The van der Waals surface area contributed by atoms with Crippen LogP contribution in [0.25, 0.3) is 0 Å². The fourth-order valence-electron chi connectivity index (χ4n) is 0.588. The maximum Gasteiger partial charge on any atom is 0 e. The maximum absolute atomic E-state index is 3.99. The van der Waals surface area contributed by atoms with Crippen molar-refractivity contribution in [3.8, 4) is 0 Å². The fourth-order valence-corrected chi connectivity index (χ4v) is 1.22. The molecule has 0 aliphatic carbocycles. The van der Waals surface area contributed by atoms with E-state index in [2.05, 4.69) is 21.3 Å². The van der Waals surface area contributed by atoms with E-state index in [1.54, 1.807) is 0 Å². The molecule has 0 amide bonds. The van der Waals surface area contributed by atoms with Crippen LogP contribution in [0.2, 0.25) is 0 Å². The van der Waals surface area contributed by atoms with E-state index >= 15 is 0 Å². The number of hydrogen-bond donors (Lipinski definition) is 0. The summed E-state index contributed by atoms with van der Waals surface area (Å²) < 4.78 is 3.01. The minimum absolute atomic E-state index is 0. The second-order valence-electron chi connectivity index (χ2n) is 1.89. The van der Waals surface area contributed by atoms with Crippen molar-refractivity contribution in [2.24, 2.45) is 0 Å². The van der Waals surface area contributed by atoms with Crippen LogP contribution in [0.3, 0.4) is 0 Å². The Labute approximate surface area is 103 Å². The molecule has 0 aromatic carbocycles. The zero-order valence-electron chi connectivity index (χ0n) is 6.16. The Balaban J connectivity index is 0.000001000. The van der Waals surface area contributed by atoms with E-state index in [1.165, 1.54) is 25.7 Å². The first-order chi connectivity index (χ1) is 4.75. The first-order valence-electron chi connectivity index (χ1n) is 2.77. The first-order valence-corrected chi connectivity index (χ1v) is 4.24.